The number of carboxylic acid groups (broad SMARTS) is 1. The van der Waals surface area contributed by atoms with Crippen molar-refractivity contribution < 1.29 is 42.9 Å². The summed E-state index contributed by atoms with van der Waals surface area (Å²) in [5, 5.41) is 11.9. The summed E-state index contributed by atoms with van der Waals surface area (Å²) < 4.78 is 22.8. The van der Waals surface area contributed by atoms with Crippen LogP contribution in [0.5, 0.6) is 0 Å². The van der Waals surface area contributed by atoms with Crippen LogP contribution in [0.4, 0.5) is 0 Å². The second kappa shape index (κ2) is 74.2. The topological polar surface area (TPSA) is 111 Å². The summed E-state index contributed by atoms with van der Waals surface area (Å²) in [7, 11) is 5.92. The first-order chi connectivity index (χ1) is 46.6. The Hall–Kier alpha value is -5.61. The molecular formula is C86H139NO8. The standard InChI is InChI=1S/C86H139NO8/c1-6-8-10-12-14-16-18-20-22-24-26-28-30-32-34-36-37-38-39-40-41-42-43-44-45-46-47-49-51-53-55-57-59-61-63-65-67-69-71-73-75-77-84(89)95-82(81-94-86(85(90)91)92-79-78-87(3,4)5)80-93-83(88)76-74-72-70-68-66-64-62-60-58-56-54-52-50-48-35-33-31-29-27-25-23-21-19-17-15-13-11-9-7-2/h8-11,14-17,20-23,26-29,32-35,37-38,40-41,43-44,50,52,56,58,82,86H,6-7,12-13,18-19,24-25,30-31,36,39,42,45-49,51,53-55,57,59-81H2,1-5H3/b10-8-,11-9-,16-14-,17-15-,22-20-,23-21-,28-26-,29-27-,34-32-,35-33-,38-37-,41-40-,44-43-,52-50-,58-56-. The maximum Gasteiger partial charge on any atom is 0.306 e. The third-order valence-corrected chi connectivity index (χ3v) is 15.6. The number of allylic oxidation sites excluding steroid dienone is 30. The van der Waals surface area contributed by atoms with Gasteiger partial charge in [-0.2, -0.15) is 0 Å². The number of carbonyl (C=O) groups excluding carboxylic acids is 3. The SMILES string of the molecule is CC/C=C\C/C=C\C/C=C\C/C=C\C/C=C\C/C=C\C/C=C\C/C=C\CCCCCCCCCCCCCCCCCCC(=O)OC(COC(=O)CCCCCCCCC/C=C\C/C=C\C/C=C\C/C=C\C/C=C\C/C=C\C/C=C\CC)COC(OCC[N+](C)(C)C)C(=O)[O-]. The zero-order chi connectivity index (χ0) is 69.0. The van der Waals surface area contributed by atoms with Gasteiger partial charge in [0.1, 0.15) is 13.2 Å². The summed E-state index contributed by atoms with van der Waals surface area (Å²) in [6, 6.07) is 0. The lowest BCUT2D eigenvalue weighted by molar-refractivity contribution is -0.870. The summed E-state index contributed by atoms with van der Waals surface area (Å²) in [4.78, 5) is 37.6. The van der Waals surface area contributed by atoms with Crippen LogP contribution in [0.2, 0.25) is 0 Å². The van der Waals surface area contributed by atoms with Gasteiger partial charge in [0, 0.05) is 12.8 Å². The Morgan fingerprint density at radius 1 is 0.316 bits per heavy atom. The highest BCUT2D eigenvalue weighted by Crippen LogP contribution is 2.17. The molecule has 0 N–H and O–H groups in total. The molecule has 0 radical (unpaired) electrons. The van der Waals surface area contributed by atoms with E-state index in [1.54, 1.807) is 0 Å². The van der Waals surface area contributed by atoms with Crippen LogP contribution in [-0.2, 0) is 33.3 Å². The average molecular weight is 1320 g/mol. The molecule has 0 aromatic rings. The summed E-state index contributed by atoms with van der Waals surface area (Å²) in [5.74, 6) is -2.31. The largest absolute Gasteiger partial charge is 0.545 e. The third kappa shape index (κ3) is 75.6. The third-order valence-electron chi connectivity index (χ3n) is 15.6. The molecule has 0 spiro atoms. The maximum absolute atomic E-state index is 13.0. The molecule has 536 valence electrons. The molecule has 0 saturated carbocycles. The van der Waals surface area contributed by atoms with Gasteiger partial charge in [-0.3, -0.25) is 9.59 Å². The first-order valence-corrected chi connectivity index (χ1v) is 37.9. The molecule has 9 nitrogen and oxygen atoms in total. The molecule has 2 atom stereocenters. The molecule has 0 amide bonds. The predicted molar refractivity (Wildman–Crippen MR) is 407 cm³/mol. The zero-order valence-corrected chi connectivity index (χ0v) is 61.2. The van der Waals surface area contributed by atoms with E-state index >= 15 is 0 Å². The fourth-order valence-corrected chi connectivity index (χ4v) is 9.95. The van der Waals surface area contributed by atoms with Gasteiger partial charge in [-0.05, 0) is 135 Å². The molecule has 0 aliphatic carbocycles. The van der Waals surface area contributed by atoms with Gasteiger partial charge in [0.05, 0.1) is 40.3 Å². The Labute approximate surface area is 583 Å². The van der Waals surface area contributed by atoms with Crippen LogP contribution in [0.1, 0.15) is 284 Å². The highest BCUT2D eigenvalue weighted by Gasteiger charge is 2.22. The van der Waals surface area contributed by atoms with Crippen LogP contribution in [0.25, 0.3) is 0 Å². The van der Waals surface area contributed by atoms with Crippen molar-refractivity contribution in [1.29, 1.82) is 0 Å². The number of nitrogens with zero attached hydrogens (tertiary/aromatic N) is 1. The minimum Gasteiger partial charge on any atom is -0.545 e. The average Bonchev–Trinajstić information content (AvgIpc) is 3.54. The Kier molecular flexibility index (Phi) is 69.8. The van der Waals surface area contributed by atoms with E-state index in [1.807, 2.05) is 21.1 Å². The molecule has 0 aromatic heterocycles. The second-order valence-corrected chi connectivity index (χ2v) is 25.8. The van der Waals surface area contributed by atoms with E-state index in [4.69, 9.17) is 18.9 Å². The monoisotopic (exact) mass is 1310 g/mol. The van der Waals surface area contributed by atoms with Crippen LogP contribution >= 0.6 is 0 Å². The number of aliphatic carboxylic acids is 1. The molecule has 2 unspecified atom stereocenters. The Morgan fingerprint density at radius 3 is 0.842 bits per heavy atom. The summed E-state index contributed by atoms with van der Waals surface area (Å²) in [5.41, 5.74) is 0. The lowest BCUT2D eigenvalue weighted by Crippen LogP contribution is -2.44. The van der Waals surface area contributed by atoms with Gasteiger partial charge in [-0.25, -0.2) is 0 Å². The number of unbranched alkanes of at least 4 members (excludes halogenated alkanes) is 23. The Bertz CT molecular complexity index is 2220. The van der Waals surface area contributed by atoms with Gasteiger partial charge in [0.25, 0.3) is 0 Å². The minimum absolute atomic E-state index is 0.138. The van der Waals surface area contributed by atoms with Crippen LogP contribution in [0.15, 0.2) is 182 Å². The van der Waals surface area contributed by atoms with E-state index in [1.165, 1.54) is 103 Å². The molecule has 0 aliphatic rings. The van der Waals surface area contributed by atoms with E-state index in [9.17, 15) is 19.5 Å². The van der Waals surface area contributed by atoms with Crippen molar-refractivity contribution in [3.63, 3.8) is 0 Å². The molecule has 9 heteroatoms. The van der Waals surface area contributed by atoms with Crippen molar-refractivity contribution in [3.05, 3.63) is 182 Å². The number of likely N-dealkylation sites (N-methyl/N-ethyl adjacent to an activating group) is 1. The summed E-state index contributed by atoms with van der Waals surface area (Å²) in [6.07, 6.45) is 110. The molecule has 95 heavy (non-hydrogen) atoms. The van der Waals surface area contributed by atoms with Crippen molar-refractivity contribution >= 4 is 17.9 Å². The fourth-order valence-electron chi connectivity index (χ4n) is 9.95. The molecule has 0 aliphatic heterocycles. The maximum atomic E-state index is 13.0. The highest BCUT2D eigenvalue weighted by atomic mass is 16.7. The van der Waals surface area contributed by atoms with Crippen molar-refractivity contribution in [2.75, 3.05) is 47.5 Å². The quantitative estimate of drug-likeness (QED) is 0.0195. The van der Waals surface area contributed by atoms with Crippen LogP contribution < -0.4 is 5.11 Å². The molecule has 0 saturated heterocycles. The first-order valence-electron chi connectivity index (χ1n) is 37.9. The van der Waals surface area contributed by atoms with Crippen LogP contribution in [0, 0.1) is 0 Å². The van der Waals surface area contributed by atoms with Crippen molar-refractivity contribution in [2.24, 2.45) is 0 Å². The fraction of sp³-hybridized carbons (Fsp3) is 0.616. The predicted octanol–water partition coefficient (Wildman–Crippen LogP) is 23.0. The van der Waals surface area contributed by atoms with Gasteiger partial charge in [0.2, 0.25) is 0 Å². The highest BCUT2D eigenvalue weighted by molar-refractivity contribution is 5.70. The van der Waals surface area contributed by atoms with E-state index in [0.29, 0.717) is 17.4 Å². The van der Waals surface area contributed by atoms with Gasteiger partial charge in [0.15, 0.2) is 12.4 Å². The van der Waals surface area contributed by atoms with Crippen LogP contribution in [0.3, 0.4) is 0 Å². The number of hydrogen-bond acceptors (Lipinski definition) is 8. The number of rotatable bonds is 68. The minimum atomic E-state index is -1.64. The number of esters is 2. The molecule has 0 rings (SSSR count). The summed E-state index contributed by atoms with van der Waals surface area (Å²) in [6.45, 7) is 4.50. The number of quaternary nitrogens is 1. The number of hydrogen-bond donors (Lipinski definition) is 0. The smallest absolute Gasteiger partial charge is 0.306 e. The van der Waals surface area contributed by atoms with E-state index in [0.717, 1.165) is 148 Å². The first kappa shape index (κ1) is 89.4. The van der Waals surface area contributed by atoms with Crippen molar-refractivity contribution in [2.45, 2.75) is 296 Å². The van der Waals surface area contributed by atoms with Gasteiger partial charge in [-0.1, -0.05) is 318 Å². The van der Waals surface area contributed by atoms with Crippen molar-refractivity contribution in [1.82, 2.24) is 0 Å². The van der Waals surface area contributed by atoms with E-state index in [2.05, 4.69) is 196 Å². The zero-order valence-electron chi connectivity index (χ0n) is 61.2. The molecular weight excluding hydrogens is 1170 g/mol. The lowest BCUT2D eigenvalue weighted by Gasteiger charge is -2.26. The molecule has 0 bridgehead atoms. The van der Waals surface area contributed by atoms with Gasteiger partial charge >= 0.3 is 11.9 Å². The second-order valence-electron chi connectivity index (χ2n) is 25.8. The molecule has 0 fully saturated rings. The van der Waals surface area contributed by atoms with Crippen molar-refractivity contribution in [3.8, 4) is 0 Å². The Balaban J connectivity index is 4.12. The number of carbonyl (C=O) groups is 3. The lowest BCUT2D eigenvalue weighted by atomic mass is 10.0. The molecule has 0 heterocycles. The summed E-state index contributed by atoms with van der Waals surface area (Å²) >= 11 is 0. The normalized spacial score (nSPS) is 13.7. The molecule has 0 aromatic carbocycles. The van der Waals surface area contributed by atoms with Crippen LogP contribution in [-0.4, -0.2) is 82.3 Å². The number of carboxylic acids is 1. The van der Waals surface area contributed by atoms with Gasteiger partial charge in [-0.15, -0.1) is 0 Å². The number of ether oxygens (including phenoxy) is 4. The Morgan fingerprint density at radius 2 is 0.568 bits per heavy atom. The van der Waals surface area contributed by atoms with E-state index < -0.39 is 24.3 Å². The van der Waals surface area contributed by atoms with E-state index in [-0.39, 0.29) is 38.6 Å². The van der Waals surface area contributed by atoms with Gasteiger partial charge < -0.3 is 33.3 Å².